The molecule has 2 rings (SSSR count). The van der Waals surface area contributed by atoms with Crippen LogP contribution in [0.2, 0.25) is 0 Å². The van der Waals surface area contributed by atoms with Crippen LogP contribution in [-0.4, -0.2) is 13.7 Å². The Labute approximate surface area is 127 Å². The quantitative estimate of drug-likeness (QED) is 0.850. The zero-order chi connectivity index (χ0) is 15.6. The molecule has 1 fully saturated rings. The molecule has 0 heterocycles. The molecule has 1 saturated carbocycles. The maximum atomic E-state index is 12.8. The van der Waals surface area contributed by atoms with E-state index in [2.05, 4.69) is 26.8 Å². The first-order valence-corrected chi connectivity index (χ1v) is 9.14. The summed E-state index contributed by atoms with van der Waals surface area (Å²) >= 11 is 0. The van der Waals surface area contributed by atoms with Crippen molar-refractivity contribution in [3.05, 3.63) is 29.8 Å². The average Bonchev–Trinajstić information content (AvgIpc) is 2.47. The van der Waals surface area contributed by atoms with Gasteiger partial charge in [-0.25, -0.2) is 8.42 Å². The first kappa shape index (κ1) is 16.0. The monoisotopic (exact) mass is 305 g/mol. The van der Waals surface area contributed by atoms with Gasteiger partial charge in [-0.3, -0.25) is 0 Å². The molecule has 1 aliphatic carbocycles. The lowest BCUT2D eigenvalue weighted by molar-refractivity contribution is 0.335. The number of rotatable bonds is 3. The van der Waals surface area contributed by atoms with Crippen LogP contribution in [0.15, 0.2) is 29.2 Å². The predicted octanol–water partition coefficient (Wildman–Crippen LogP) is 3.91. The molecule has 0 saturated heterocycles. The molecule has 0 radical (unpaired) electrons. The molecule has 3 atom stereocenters. The van der Waals surface area contributed by atoms with E-state index in [0.29, 0.717) is 29.6 Å². The van der Waals surface area contributed by atoms with Gasteiger partial charge < -0.3 is 0 Å². The molecule has 0 spiro atoms. The second-order valence-corrected chi connectivity index (χ2v) is 8.63. The molecule has 1 aromatic carbocycles. The first-order chi connectivity index (χ1) is 9.86. The van der Waals surface area contributed by atoms with Crippen molar-refractivity contribution in [3.63, 3.8) is 0 Å². The molecule has 0 N–H and O–H groups in total. The summed E-state index contributed by atoms with van der Waals surface area (Å²) in [5.41, 5.74) is 1.13. The van der Waals surface area contributed by atoms with Gasteiger partial charge in [0.2, 0.25) is 0 Å². The lowest BCUT2D eigenvalue weighted by Gasteiger charge is -2.30. The number of hydrogen-bond donors (Lipinski definition) is 0. The van der Waals surface area contributed by atoms with Crippen LogP contribution in [0.4, 0.5) is 0 Å². The number of nitriles is 1. The van der Waals surface area contributed by atoms with E-state index in [1.807, 2.05) is 12.1 Å². The molecule has 0 bridgehead atoms. The fraction of sp³-hybridized carbons (Fsp3) is 0.588. The zero-order valence-corrected chi connectivity index (χ0v) is 13.7. The molecule has 1 aromatic rings. The Balaban J connectivity index is 2.34. The van der Waals surface area contributed by atoms with Crippen LogP contribution < -0.4 is 0 Å². The molecule has 3 nitrogen and oxygen atoms in total. The Hall–Kier alpha value is -1.34. The van der Waals surface area contributed by atoms with Crippen molar-refractivity contribution in [1.29, 1.82) is 5.26 Å². The Kier molecular flexibility index (Phi) is 4.73. The normalized spacial score (nSPS) is 26.5. The van der Waals surface area contributed by atoms with Gasteiger partial charge in [0.15, 0.2) is 9.84 Å². The molecule has 3 unspecified atom stereocenters. The fourth-order valence-electron chi connectivity index (χ4n) is 3.04. The van der Waals surface area contributed by atoms with E-state index in [-0.39, 0.29) is 5.92 Å². The van der Waals surface area contributed by atoms with Gasteiger partial charge in [0.25, 0.3) is 0 Å². The number of sulfone groups is 1. The minimum Gasteiger partial charge on any atom is -0.223 e. The SMILES string of the molecule is CC1CCC(C#N)C(S(=O)(=O)c2ccc(C(C)C)cc2)C1. The largest absolute Gasteiger partial charge is 0.223 e. The van der Waals surface area contributed by atoms with Crippen molar-refractivity contribution >= 4 is 9.84 Å². The Morgan fingerprint density at radius 3 is 2.33 bits per heavy atom. The predicted molar refractivity (Wildman–Crippen MR) is 83.6 cm³/mol. The summed E-state index contributed by atoms with van der Waals surface area (Å²) in [6, 6.07) is 9.35. The van der Waals surface area contributed by atoms with E-state index in [9.17, 15) is 13.7 Å². The van der Waals surface area contributed by atoms with E-state index in [0.717, 1.165) is 12.0 Å². The maximum absolute atomic E-state index is 12.8. The highest BCUT2D eigenvalue weighted by Gasteiger charge is 2.38. The Bertz CT molecular complexity index is 626. The lowest BCUT2D eigenvalue weighted by Crippen LogP contribution is -2.35. The van der Waals surface area contributed by atoms with Crippen LogP contribution in [0.3, 0.4) is 0 Å². The highest BCUT2D eigenvalue weighted by molar-refractivity contribution is 7.92. The fourth-order valence-corrected chi connectivity index (χ4v) is 5.11. The van der Waals surface area contributed by atoms with Crippen molar-refractivity contribution < 1.29 is 8.42 Å². The van der Waals surface area contributed by atoms with E-state index in [1.54, 1.807) is 12.1 Å². The van der Waals surface area contributed by atoms with Crippen molar-refractivity contribution in [2.24, 2.45) is 11.8 Å². The van der Waals surface area contributed by atoms with Gasteiger partial charge >= 0.3 is 0 Å². The summed E-state index contributed by atoms with van der Waals surface area (Å²) < 4.78 is 25.7. The van der Waals surface area contributed by atoms with Crippen LogP contribution in [0.5, 0.6) is 0 Å². The summed E-state index contributed by atoms with van der Waals surface area (Å²) in [6.07, 6.45) is 2.22. The zero-order valence-electron chi connectivity index (χ0n) is 12.9. The summed E-state index contributed by atoms with van der Waals surface area (Å²) in [5.74, 6) is 0.364. The molecule has 0 aliphatic heterocycles. The van der Waals surface area contributed by atoms with E-state index in [4.69, 9.17) is 0 Å². The highest BCUT2D eigenvalue weighted by atomic mass is 32.2. The summed E-state index contributed by atoms with van der Waals surface area (Å²) in [7, 11) is -3.42. The van der Waals surface area contributed by atoms with Crippen LogP contribution in [0.25, 0.3) is 0 Å². The molecule has 1 aliphatic rings. The summed E-state index contributed by atoms with van der Waals surface area (Å²) in [4.78, 5) is 0.353. The maximum Gasteiger partial charge on any atom is 0.182 e. The molecule has 0 amide bonds. The van der Waals surface area contributed by atoms with Gasteiger partial charge in [-0.2, -0.15) is 5.26 Å². The standard InChI is InChI=1S/C17H23NO2S/c1-12(2)14-6-8-16(9-7-14)21(19,20)17-10-13(3)4-5-15(17)11-18/h6-9,12-13,15,17H,4-5,10H2,1-3H3. The van der Waals surface area contributed by atoms with Gasteiger partial charge in [0, 0.05) is 0 Å². The Morgan fingerprint density at radius 2 is 1.81 bits per heavy atom. The van der Waals surface area contributed by atoms with E-state index >= 15 is 0 Å². The second-order valence-electron chi connectivity index (χ2n) is 6.46. The smallest absolute Gasteiger partial charge is 0.182 e. The van der Waals surface area contributed by atoms with Crippen molar-refractivity contribution in [1.82, 2.24) is 0 Å². The number of benzene rings is 1. The molecule has 114 valence electrons. The van der Waals surface area contributed by atoms with Crippen molar-refractivity contribution in [3.8, 4) is 6.07 Å². The van der Waals surface area contributed by atoms with Gasteiger partial charge in [-0.15, -0.1) is 0 Å². The van der Waals surface area contributed by atoms with Gasteiger partial charge in [0.1, 0.15) is 0 Å². The molecule has 4 heteroatoms. The number of nitrogens with zero attached hydrogens (tertiary/aromatic N) is 1. The van der Waals surface area contributed by atoms with Gasteiger partial charge in [-0.1, -0.05) is 32.9 Å². The first-order valence-electron chi connectivity index (χ1n) is 7.59. The van der Waals surface area contributed by atoms with E-state index in [1.165, 1.54) is 0 Å². The molecule has 21 heavy (non-hydrogen) atoms. The van der Waals surface area contributed by atoms with Crippen LogP contribution in [0, 0.1) is 23.2 Å². The minimum absolute atomic E-state index is 0.353. The highest BCUT2D eigenvalue weighted by Crippen LogP contribution is 2.36. The van der Waals surface area contributed by atoms with Crippen LogP contribution in [-0.2, 0) is 9.84 Å². The third-order valence-corrected chi connectivity index (χ3v) is 6.74. The molecular weight excluding hydrogens is 282 g/mol. The van der Waals surface area contributed by atoms with Crippen molar-refractivity contribution in [2.75, 3.05) is 0 Å². The van der Waals surface area contributed by atoms with Crippen LogP contribution >= 0.6 is 0 Å². The van der Waals surface area contributed by atoms with E-state index < -0.39 is 15.1 Å². The molecule has 0 aromatic heterocycles. The second kappa shape index (κ2) is 6.19. The minimum atomic E-state index is -3.42. The van der Waals surface area contributed by atoms with Gasteiger partial charge in [-0.05, 0) is 48.8 Å². The Morgan fingerprint density at radius 1 is 1.19 bits per heavy atom. The molecular formula is C17H23NO2S. The lowest BCUT2D eigenvalue weighted by atomic mass is 9.83. The van der Waals surface area contributed by atoms with Gasteiger partial charge in [0.05, 0.1) is 22.1 Å². The van der Waals surface area contributed by atoms with Crippen molar-refractivity contribution in [2.45, 2.75) is 56.1 Å². The summed E-state index contributed by atoms with van der Waals surface area (Å²) in [5, 5.41) is 8.70. The number of hydrogen-bond acceptors (Lipinski definition) is 3. The third-order valence-electron chi connectivity index (χ3n) is 4.49. The average molecular weight is 305 g/mol. The topological polar surface area (TPSA) is 57.9 Å². The third kappa shape index (κ3) is 3.29. The van der Waals surface area contributed by atoms with Crippen LogP contribution in [0.1, 0.15) is 51.5 Å². The summed E-state index contributed by atoms with van der Waals surface area (Å²) in [6.45, 7) is 6.23.